The molecule has 0 radical (unpaired) electrons. The topological polar surface area (TPSA) is 29.1 Å². The van der Waals surface area contributed by atoms with Gasteiger partial charge in [0.25, 0.3) is 0 Å². The van der Waals surface area contributed by atoms with Crippen LogP contribution in [0.4, 0.5) is 0 Å². The number of nitrogens with one attached hydrogen (secondary N) is 1. The van der Waals surface area contributed by atoms with Crippen LogP contribution in [0, 0.1) is 0 Å². The van der Waals surface area contributed by atoms with Gasteiger partial charge in [-0.05, 0) is 13.0 Å². The summed E-state index contributed by atoms with van der Waals surface area (Å²) in [7, 11) is 0. The van der Waals surface area contributed by atoms with Gasteiger partial charge in [0.2, 0.25) is 0 Å². The summed E-state index contributed by atoms with van der Waals surface area (Å²) in [5.41, 5.74) is 0. The fourth-order valence-electron chi connectivity index (χ4n) is 0.810. The maximum Gasteiger partial charge on any atom is 0.149 e. The van der Waals surface area contributed by atoms with E-state index in [-0.39, 0.29) is 6.04 Å². The molecule has 0 aliphatic carbocycles. The monoisotopic (exact) mass is 113 g/mol. The first-order chi connectivity index (χ1) is 3.84. The highest BCUT2D eigenvalue weighted by Gasteiger charge is 2.21. The van der Waals surface area contributed by atoms with Crippen molar-refractivity contribution >= 4 is 5.78 Å². The van der Waals surface area contributed by atoms with Crippen LogP contribution in [0.25, 0.3) is 0 Å². The second-order valence-corrected chi connectivity index (χ2v) is 2.12. The average Bonchev–Trinajstić information content (AvgIpc) is 1.62. The van der Waals surface area contributed by atoms with Crippen molar-refractivity contribution in [1.82, 2.24) is 5.32 Å². The maximum atomic E-state index is 10.7. The molecule has 1 fully saturated rings. The van der Waals surface area contributed by atoms with Crippen molar-refractivity contribution in [2.24, 2.45) is 0 Å². The summed E-state index contributed by atoms with van der Waals surface area (Å²) in [5.74, 6) is 0.358. The van der Waals surface area contributed by atoms with Crippen molar-refractivity contribution < 1.29 is 4.79 Å². The number of carbonyl (C=O) groups excluding carboxylic acids is 1. The van der Waals surface area contributed by atoms with E-state index in [1.807, 2.05) is 6.92 Å². The molecule has 0 saturated carbocycles. The predicted molar refractivity (Wildman–Crippen MR) is 31.7 cm³/mol. The molecule has 0 amide bonds. The molecular formula is C6H11NO. The molecule has 0 spiro atoms. The summed E-state index contributed by atoms with van der Waals surface area (Å²) in [6, 6.07) is 0.208. The normalized spacial score (nSPS) is 26.9. The molecule has 1 rings (SSSR count). The lowest BCUT2D eigenvalue weighted by Crippen LogP contribution is -2.48. The largest absolute Gasteiger partial charge is 0.307 e. The molecule has 2 nitrogen and oxygen atoms in total. The molecule has 1 aliphatic rings. The third-order valence-corrected chi connectivity index (χ3v) is 1.56. The molecule has 46 valence electrons. The standard InChI is InChI=1S/C6H11NO/c1-2-6(8)5-3-4-7-5/h5,7H,2-4H2,1H3. The Morgan fingerprint density at radius 3 is 2.62 bits per heavy atom. The Hall–Kier alpha value is -0.370. The van der Waals surface area contributed by atoms with Crippen LogP contribution in [0.2, 0.25) is 0 Å². The summed E-state index contributed by atoms with van der Waals surface area (Å²) in [4.78, 5) is 10.7. The van der Waals surface area contributed by atoms with Crippen molar-refractivity contribution in [3.8, 4) is 0 Å². The molecule has 1 unspecified atom stereocenters. The van der Waals surface area contributed by atoms with Gasteiger partial charge in [-0.1, -0.05) is 6.92 Å². The lowest BCUT2D eigenvalue weighted by Gasteiger charge is -2.25. The summed E-state index contributed by atoms with van der Waals surface area (Å²) < 4.78 is 0. The lowest BCUT2D eigenvalue weighted by atomic mass is 10.0. The Labute approximate surface area is 49.3 Å². The zero-order chi connectivity index (χ0) is 5.98. The van der Waals surface area contributed by atoms with Crippen LogP contribution >= 0.6 is 0 Å². The molecule has 0 bridgehead atoms. The number of carbonyl (C=O) groups is 1. The van der Waals surface area contributed by atoms with E-state index < -0.39 is 0 Å². The van der Waals surface area contributed by atoms with Gasteiger partial charge in [0, 0.05) is 6.42 Å². The Bertz CT molecular complexity index is 96.7. The third-order valence-electron chi connectivity index (χ3n) is 1.56. The number of Topliss-reactive ketones (excluding diaryl/α,β-unsaturated/α-hetero) is 1. The molecule has 1 aliphatic heterocycles. The molecule has 0 aromatic carbocycles. The zero-order valence-corrected chi connectivity index (χ0v) is 5.11. The number of hydrogen-bond donors (Lipinski definition) is 1. The van der Waals surface area contributed by atoms with E-state index in [1.54, 1.807) is 0 Å². The van der Waals surface area contributed by atoms with Gasteiger partial charge >= 0.3 is 0 Å². The molecule has 8 heavy (non-hydrogen) atoms. The minimum Gasteiger partial charge on any atom is -0.307 e. The summed E-state index contributed by atoms with van der Waals surface area (Å²) in [6.07, 6.45) is 1.73. The molecule has 1 atom stereocenters. The van der Waals surface area contributed by atoms with Crippen LogP contribution in [0.5, 0.6) is 0 Å². The van der Waals surface area contributed by atoms with E-state index in [1.165, 1.54) is 0 Å². The second kappa shape index (κ2) is 2.27. The first-order valence-corrected chi connectivity index (χ1v) is 3.10. The highest BCUT2D eigenvalue weighted by atomic mass is 16.1. The SMILES string of the molecule is CCC(=O)C1CCN1. The van der Waals surface area contributed by atoms with Crippen molar-refractivity contribution in [2.75, 3.05) is 6.54 Å². The average molecular weight is 113 g/mol. The fraction of sp³-hybridized carbons (Fsp3) is 0.833. The number of rotatable bonds is 2. The molecule has 1 heterocycles. The van der Waals surface area contributed by atoms with Gasteiger partial charge in [0.05, 0.1) is 6.04 Å². The molecule has 2 heteroatoms. The highest BCUT2D eigenvalue weighted by molar-refractivity contribution is 5.84. The molecular weight excluding hydrogens is 102 g/mol. The first kappa shape index (κ1) is 5.76. The fourth-order valence-corrected chi connectivity index (χ4v) is 0.810. The quantitative estimate of drug-likeness (QED) is 0.559. The summed E-state index contributed by atoms with van der Waals surface area (Å²) in [6.45, 7) is 2.93. The van der Waals surface area contributed by atoms with Crippen LogP contribution in [0.1, 0.15) is 19.8 Å². The first-order valence-electron chi connectivity index (χ1n) is 3.10. The van der Waals surface area contributed by atoms with Gasteiger partial charge < -0.3 is 5.32 Å². The highest BCUT2D eigenvalue weighted by Crippen LogP contribution is 2.03. The smallest absolute Gasteiger partial charge is 0.149 e. The zero-order valence-electron chi connectivity index (χ0n) is 5.11. The van der Waals surface area contributed by atoms with Crippen molar-refractivity contribution in [3.05, 3.63) is 0 Å². The van der Waals surface area contributed by atoms with Crippen molar-refractivity contribution in [2.45, 2.75) is 25.8 Å². The van der Waals surface area contributed by atoms with Crippen LogP contribution < -0.4 is 5.32 Å². The van der Waals surface area contributed by atoms with E-state index in [4.69, 9.17) is 0 Å². The van der Waals surface area contributed by atoms with Crippen LogP contribution in [-0.2, 0) is 4.79 Å². The van der Waals surface area contributed by atoms with Crippen LogP contribution in [0.3, 0.4) is 0 Å². The van der Waals surface area contributed by atoms with Crippen molar-refractivity contribution in [3.63, 3.8) is 0 Å². The van der Waals surface area contributed by atoms with E-state index in [2.05, 4.69) is 5.32 Å². The lowest BCUT2D eigenvalue weighted by molar-refractivity contribution is -0.122. The van der Waals surface area contributed by atoms with Crippen LogP contribution in [-0.4, -0.2) is 18.4 Å². The van der Waals surface area contributed by atoms with E-state index >= 15 is 0 Å². The van der Waals surface area contributed by atoms with Gasteiger partial charge in [-0.15, -0.1) is 0 Å². The molecule has 1 N–H and O–H groups in total. The van der Waals surface area contributed by atoms with Crippen molar-refractivity contribution in [1.29, 1.82) is 0 Å². The minimum atomic E-state index is 0.208. The maximum absolute atomic E-state index is 10.7. The molecule has 0 aromatic heterocycles. The van der Waals surface area contributed by atoms with Crippen LogP contribution in [0.15, 0.2) is 0 Å². The Balaban J connectivity index is 2.24. The van der Waals surface area contributed by atoms with Gasteiger partial charge in [0.1, 0.15) is 5.78 Å². The third kappa shape index (κ3) is 0.892. The van der Waals surface area contributed by atoms with Gasteiger partial charge in [-0.3, -0.25) is 4.79 Å². The van der Waals surface area contributed by atoms with E-state index in [0.717, 1.165) is 13.0 Å². The minimum absolute atomic E-state index is 0.208. The second-order valence-electron chi connectivity index (χ2n) is 2.12. The van der Waals surface area contributed by atoms with E-state index in [9.17, 15) is 4.79 Å². The Morgan fingerprint density at radius 1 is 1.88 bits per heavy atom. The number of ketones is 1. The van der Waals surface area contributed by atoms with E-state index in [0.29, 0.717) is 12.2 Å². The summed E-state index contributed by atoms with van der Waals surface area (Å²) >= 11 is 0. The number of hydrogen-bond acceptors (Lipinski definition) is 2. The molecule has 1 saturated heterocycles. The van der Waals surface area contributed by atoms with Gasteiger partial charge in [-0.2, -0.15) is 0 Å². The Kier molecular flexibility index (Phi) is 1.63. The predicted octanol–water partition coefficient (Wildman–Crippen LogP) is 0.327. The molecule has 0 aromatic rings. The van der Waals surface area contributed by atoms with Gasteiger partial charge in [-0.25, -0.2) is 0 Å². The van der Waals surface area contributed by atoms with Gasteiger partial charge in [0.15, 0.2) is 0 Å². The summed E-state index contributed by atoms with van der Waals surface area (Å²) in [5, 5.41) is 3.05. The Morgan fingerprint density at radius 2 is 2.50 bits per heavy atom.